The summed E-state index contributed by atoms with van der Waals surface area (Å²) in [5, 5.41) is 8.84. The van der Waals surface area contributed by atoms with Crippen LogP contribution < -0.4 is 0 Å². The van der Waals surface area contributed by atoms with Crippen LogP contribution in [0.2, 0.25) is 0 Å². The van der Waals surface area contributed by atoms with Gasteiger partial charge in [0, 0.05) is 18.8 Å². The van der Waals surface area contributed by atoms with Crippen LogP contribution in [0, 0.1) is 5.82 Å². The minimum atomic E-state index is -1.07. The van der Waals surface area contributed by atoms with Crippen molar-refractivity contribution in [3.05, 3.63) is 35.1 Å². The molecule has 2 rings (SSSR count). The Morgan fingerprint density at radius 1 is 1.44 bits per heavy atom. The van der Waals surface area contributed by atoms with Crippen LogP contribution in [0.15, 0.2) is 18.2 Å². The Labute approximate surface area is 104 Å². The van der Waals surface area contributed by atoms with Gasteiger partial charge in [0.1, 0.15) is 5.82 Å². The van der Waals surface area contributed by atoms with Crippen LogP contribution in [0.3, 0.4) is 0 Å². The van der Waals surface area contributed by atoms with Crippen molar-refractivity contribution in [2.45, 2.75) is 25.6 Å². The number of rotatable bonds is 4. The van der Waals surface area contributed by atoms with Gasteiger partial charge in [-0.05, 0) is 31.0 Å². The molecular weight excluding hydrogens is 239 g/mol. The third kappa shape index (κ3) is 3.27. The van der Waals surface area contributed by atoms with Gasteiger partial charge in [0.25, 0.3) is 0 Å². The highest BCUT2D eigenvalue weighted by Gasteiger charge is 2.15. The summed E-state index contributed by atoms with van der Waals surface area (Å²) < 4.78 is 24.3. The van der Waals surface area contributed by atoms with E-state index in [0.29, 0.717) is 13.2 Å². The zero-order valence-electron chi connectivity index (χ0n) is 9.89. The zero-order chi connectivity index (χ0) is 13.0. The average Bonchev–Trinajstić information content (AvgIpc) is 2.38. The first-order valence-electron chi connectivity index (χ1n) is 5.88. The van der Waals surface area contributed by atoms with Gasteiger partial charge in [-0.1, -0.05) is 0 Å². The van der Waals surface area contributed by atoms with E-state index in [4.69, 9.17) is 14.6 Å². The molecule has 1 aliphatic heterocycles. The van der Waals surface area contributed by atoms with Gasteiger partial charge in [-0.3, -0.25) is 0 Å². The molecule has 0 saturated carbocycles. The van der Waals surface area contributed by atoms with Crippen LogP contribution in [0.4, 0.5) is 4.39 Å². The lowest BCUT2D eigenvalue weighted by molar-refractivity contribution is -0.0397. The van der Waals surface area contributed by atoms with Gasteiger partial charge in [-0.2, -0.15) is 0 Å². The van der Waals surface area contributed by atoms with Gasteiger partial charge < -0.3 is 14.6 Å². The largest absolute Gasteiger partial charge is 0.478 e. The second kappa shape index (κ2) is 5.93. The maximum absolute atomic E-state index is 13.5. The fourth-order valence-electron chi connectivity index (χ4n) is 1.87. The normalized spacial score (nSPS) is 16.7. The molecular formula is C13H15FO4. The summed E-state index contributed by atoms with van der Waals surface area (Å²) in [4.78, 5) is 10.8. The second-order valence-electron chi connectivity index (χ2n) is 4.23. The molecule has 4 nitrogen and oxygen atoms in total. The predicted molar refractivity (Wildman–Crippen MR) is 62.0 cm³/mol. The van der Waals surface area contributed by atoms with E-state index in [1.165, 1.54) is 12.1 Å². The molecule has 1 aromatic carbocycles. The predicted octanol–water partition coefficient (Wildman–Crippen LogP) is 2.22. The highest BCUT2D eigenvalue weighted by molar-refractivity contribution is 5.87. The molecule has 1 aliphatic rings. The molecule has 1 fully saturated rings. The first-order chi connectivity index (χ1) is 8.66. The molecule has 0 radical (unpaired) electrons. The fraction of sp³-hybridized carbons (Fsp3) is 0.462. The number of carboxylic acid groups (broad SMARTS) is 1. The van der Waals surface area contributed by atoms with Gasteiger partial charge in [0.15, 0.2) is 0 Å². The van der Waals surface area contributed by atoms with Gasteiger partial charge >= 0.3 is 5.97 Å². The van der Waals surface area contributed by atoms with Crippen molar-refractivity contribution in [2.75, 3.05) is 13.2 Å². The highest BCUT2D eigenvalue weighted by Crippen LogP contribution is 2.16. The molecule has 0 unspecified atom stereocenters. The zero-order valence-corrected chi connectivity index (χ0v) is 9.89. The van der Waals surface area contributed by atoms with Crippen molar-refractivity contribution in [1.82, 2.24) is 0 Å². The van der Waals surface area contributed by atoms with Crippen molar-refractivity contribution in [2.24, 2.45) is 0 Å². The Hall–Kier alpha value is -1.46. The first kappa shape index (κ1) is 13.0. The topological polar surface area (TPSA) is 55.8 Å². The van der Waals surface area contributed by atoms with Crippen LogP contribution in [-0.2, 0) is 16.1 Å². The molecule has 0 atom stereocenters. The molecule has 18 heavy (non-hydrogen) atoms. The third-order valence-electron chi connectivity index (χ3n) is 2.94. The monoisotopic (exact) mass is 254 g/mol. The number of carboxylic acids is 1. The van der Waals surface area contributed by atoms with Gasteiger partial charge in [0.05, 0.1) is 18.3 Å². The smallest absolute Gasteiger partial charge is 0.335 e. The number of ether oxygens (including phenoxy) is 2. The maximum atomic E-state index is 13.5. The summed E-state index contributed by atoms with van der Waals surface area (Å²) in [5.74, 6) is -1.51. The fourth-order valence-corrected chi connectivity index (χ4v) is 1.87. The summed E-state index contributed by atoms with van der Waals surface area (Å²) in [6.45, 7) is 1.41. The number of aromatic carboxylic acids is 1. The first-order valence-corrected chi connectivity index (χ1v) is 5.88. The molecule has 5 heteroatoms. The third-order valence-corrected chi connectivity index (χ3v) is 2.94. The Morgan fingerprint density at radius 2 is 2.17 bits per heavy atom. The van der Waals surface area contributed by atoms with Crippen LogP contribution in [0.1, 0.15) is 28.8 Å². The van der Waals surface area contributed by atoms with Crippen molar-refractivity contribution in [3.8, 4) is 0 Å². The van der Waals surface area contributed by atoms with E-state index in [9.17, 15) is 9.18 Å². The van der Waals surface area contributed by atoms with E-state index >= 15 is 0 Å². The van der Waals surface area contributed by atoms with Crippen LogP contribution in [-0.4, -0.2) is 30.4 Å². The summed E-state index contributed by atoms with van der Waals surface area (Å²) in [6.07, 6.45) is 1.65. The van der Waals surface area contributed by atoms with Crippen molar-refractivity contribution in [1.29, 1.82) is 0 Å². The number of halogens is 1. The molecule has 0 aromatic heterocycles. The average molecular weight is 254 g/mol. The molecule has 0 amide bonds. The van der Waals surface area contributed by atoms with Crippen molar-refractivity contribution >= 4 is 5.97 Å². The Balaban J connectivity index is 1.99. The lowest BCUT2D eigenvalue weighted by Gasteiger charge is -2.22. The van der Waals surface area contributed by atoms with E-state index in [0.717, 1.165) is 18.9 Å². The molecule has 1 saturated heterocycles. The van der Waals surface area contributed by atoms with Gasteiger partial charge in [-0.25, -0.2) is 9.18 Å². The standard InChI is InChI=1S/C13H15FO4/c14-12-2-1-9(13(15)16)7-10(12)8-18-11-3-5-17-6-4-11/h1-2,7,11H,3-6,8H2,(H,15,16). The minimum Gasteiger partial charge on any atom is -0.478 e. The number of benzene rings is 1. The number of hydrogen-bond acceptors (Lipinski definition) is 3. The minimum absolute atomic E-state index is 0.0617. The van der Waals surface area contributed by atoms with Crippen molar-refractivity contribution < 1.29 is 23.8 Å². The quantitative estimate of drug-likeness (QED) is 0.895. The van der Waals surface area contributed by atoms with Crippen LogP contribution >= 0.6 is 0 Å². The summed E-state index contributed by atoms with van der Waals surface area (Å²) in [7, 11) is 0. The maximum Gasteiger partial charge on any atom is 0.335 e. The lowest BCUT2D eigenvalue weighted by Crippen LogP contribution is -2.23. The molecule has 0 aliphatic carbocycles. The van der Waals surface area contributed by atoms with E-state index < -0.39 is 11.8 Å². The molecule has 0 bridgehead atoms. The molecule has 1 heterocycles. The number of carbonyl (C=O) groups is 1. The number of hydrogen-bond donors (Lipinski definition) is 1. The molecule has 1 aromatic rings. The Morgan fingerprint density at radius 3 is 2.83 bits per heavy atom. The highest BCUT2D eigenvalue weighted by atomic mass is 19.1. The van der Waals surface area contributed by atoms with Crippen LogP contribution in [0.25, 0.3) is 0 Å². The van der Waals surface area contributed by atoms with E-state index in [2.05, 4.69) is 0 Å². The summed E-state index contributed by atoms with van der Waals surface area (Å²) in [5.41, 5.74) is 0.350. The van der Waals surface area contributed by atoms with E-state index in [-0.39, 0.29) is 23.8 Å². The van der Waals surface area contributed by atoms with E-state index in [1.807, 2.05) is 0 Å². The van der Waals surface area contributed by atoms with Crippen LogP contribution in [0.5, 0.6) is 0 Å². The Kier molecular flexibility index (Phi) is 4.28. The Bertz CT molecular complexity index is 427. The summed E-state index contributed by atoms with van der Waals surface area (Å²) >= 11 is 0. The second-order valence-corrected chi connectivity index (χ2v) is 4.23. The SMILES string of the molecule is O=C(O)c1ccc(F)c(COC2CCOCC2)c1. The van der Waals surface area contributed by atoms with Gasteiger partial charge in [0.2, 0.25) is 0 Å². The summed E-state index contributed by atoms with van der Waals surface area (Å²) in [6, 6.07) is 3.72. The molecule has 98 valence electrons. The van der Waals surface area contributed by atoms with Crippen molar-refractivity contribution in [3.63, 3.8) is 0 Å². The van der Waals surface area contributed by atoms with Gasteiger partial charge in [-0.15, -0.1) is 0 Å². The lowest BCUT2D eigenvalue weighted by atomic mass is 10.1. The molecule has 0 spiro atoms. The van der Waals surface area contributed by atoms with E-state index in [1.54, 1.807) is 0 Å². The molecule has 1 N–H and O–H groups in total.